The number of rotatable bonds is 3. The van der Waals surface area contributed by atoms with E-state index in [-0.39, 0.29) is 18.7 Å². The molecule has 0 aliphatic heterocycles. The molecule has 1 aromatic heterocycles. The lowest BCUT2D eigenvalue weighted by molar-refractivity contribution is -0.151. The highest BCUT2D eigenvalue weighted by atomic mass is 19.4. The van der Waals surface area contributed by atoms with Gasteiger partial charge in [-0.25, -0.2) is 4.98 Å². The van der Waals surface area contributed by atoms with Gasteiger partial charge >= 0.3 is 6.18 Å². The van der Waals surface area contributed by atoms with Crippen molar-refractivity contribution in [3.63, 3.8) is 0 Å². The average molecular weight is 246 g/mol. The first-order chi connectivity index (χ1) is 7.86. The second-order valence-electron chi connectivity index (χ2n) is 4.17. The molecule has 2 N–H and O–H groups in total. The molecule has 0 atom stereocenters. The van der Waals surface area contributed by atoms with Crippen molar-refractivity contribution in [3.05, 3.63) is 11.8 Å². The summed E-state index contributed by atoms with van der Waals surface area (Å²) >= 11 is 0. The van der Waals surface area contributed by atoms with Gasteiger partial charge in [0.1, 0.15) is 11.4 Å². The number of hydrogen-bond donors (Lipinski definition) is 2. The van der Waals surface area contributed by atoms with Gasteiger partial charge < -0.3 is 10.6 Å². The second kappa shape index (κ2) is 3.75. The van der Waals surface area contributed by atoms with E-state index in [1.165, 1.54) is 6.07 Å². The summed E-state index contributed by atoms with van der Waals surface area (Å²) in [7, 11) is 1.62. The Morgan fingerprint density at radius 3 is 2.41 bits per heavy atom. The summed E-state index contributed by atoms with van der Waals surface area (Å²) in [6, 6.07) is 1.51. The van der Waals surface area contributed by atoms with Gasteiger partial charge in [-0.05, 0) is 19.8 Å². The van der Waals surface area contributed by atoms with Crippen molar-refractivity contribution in [2.45, 2.75) is 31.5 Å². The van der Waals surface area contributed by atoms with E-state index in [9.17, 15) is 13.2 Å². The summed E-state index contributed by atoms with van der Waals surface area (Å²) in [4.78, 5) is 7.98. The molecule has 17 heavy (non-hydrogen) atoms. The Kier molecular flexibility index (Phi) is 2.63. The van der Waals surface area contributed by atoms with Crippen LogP contribution < -0.4 is 10.6 Å². The molecule has 1 saturated carbocycles. The number of anilines is 2. The van der Waals surface area contributed by atoms with Gasteiger partial charge in [0, 0.05) is 18.8 Å². The number of nitrogens with one attached hydrogen (secondary N) is 2. The molecule has 7 heteroatoms. The smallest absolute Gasteiger partial charge is 0.357 e. The zero-order valence-corrected chi connectivity index (χ0v) is 9.52. The van der Waals surface area contributed by atoms with Crippen LogP contribution in [0.4, 0.5) is 24.9 Å². The predicted molar refractivity (Wildman–Crippen MR) is 58.0 cm³/mol. The van der Waals surface area contributed by atoms with Crippen LogP contribution >= 0.6 is 0 Å². The first-order valence-electron chi connectivity index (χ1n) is 5.25. The van der Waals surface area contributed by atoms with Crippen molar-refractivity contribution in [3.8, 4) is 0 Å². The SMILES string of the molecule is CNc1nc(C)cc(NC2(C(F)(F)F)CC2)n1. The van der Waals surface area contributed by atoms with E-state index in [1.54, 1.807) is 14.0 Å². The summed E-state index contributed by atoms with van der Waals surface area (Å²) in [6.07, 6.45) is -4.06. The zero-order chi connectivity index (χ0) is 12.7. The number of alkyl halides is 3. The Labute approximate surface area is 96.7 Å². The number of aromatic nitrogens is 2. The molecule has 0 spiro atoms. The van der Waals surface area contributed by atoms with Gasteiger partial charge in [0.05, 0.1) is 0 Å². The molecule has 0 amide bonds. The maximum Gasteiger partial charge on any atom is 0.411 e. The third-order valence-electron chi connectivity index (χ3n) is 2.74. The van der Waals surface area contributed by atoms with Crippen molar-refractivity contribution in [2.75, 3.05) is 17.7 Å². The van der Waals surface area contributed by atoms with Gasteiger partial charge in [-0.15, -0.1) is 0 Å². The summed E-state index contributed by atoms with van der Waals surface area (Å²) in [6.45, 7) is 1.71. The van der Waals surface area contributed by atoms with Crippen molar-refractivity contribution in [1.29, 1.82) is 0 Å². The van der Waals surface area contributed by atoms with E-state index in [4.69, 9.17) is 0 Å². The lowest BCUT2D eigenvalue weighted by Crippen LogP contribution is -2.39. The van der Waals surface area contributed by atoms with E-state index in [0.717, 1.165) is 0 Å². The third kappa shape index (κ3) is 2.27. The highest BCUT2D eigenvalue weighted by Crippen LogP contribution is 2.50. The van der Waals surface area contributed by atoms with Crippen LogP contribution in [0, 0.1) is 6.92 Å². The first-order valence-corrected chi connectivity index (χ1v) is 5.25. The summed E-state index contributed by atoms with van der Waals surface area (Å²) < 4.78 is 38.2. The van der Waals surface area contributed by atoms with Gasteiger partial charge in [0.25, 0.3) is 0 Å². The van der Waals surface area contributed by atoms with Gasteiger partial charge in [-0.1, -0.05) is 0 Å². The Balaban J connectivity index is 2.22. The van der Waals surface area contributed by atoms with E-state index in [2.05, 4.69) is 20.6 Å². The molecule has 2 rings (SSSR count). The molecule has 1 fully saturated rings. The molecular formula is C10H13F3N4. The highest BCUT2D eigenvalue weighted by Gasteiger charge is 2.63. The van der Waals surface area contributed by atoms with E-state index in [0.29, 0.717) is 11.6 Å². The van der Waals surface area contributed by atoms with Crippen LogP contribution in [0.25, 0.3) is 0 Å². The molecule has 1 aliphatic carbocycles. The molecule has 0 aromatic carbocycles. The fourth-order valence-corrected chi connectivity index (χ4v) is 1.59. The molecule has 1 aromatic rings. The molecule has 0 bridgehead atoms. The van der Waals surface area contributed by atoms with Gasteiger partial charge in [0.2, 0.25) is 5.95 Å². The predicted octanol–water partition coefficient (Wildman–Crippen LogP) is 2.33. The maximum absolute atomic E-state index is 12.7. The minimum absolute atomic E-state index is 0.0917. The average Bonchev–Trinajstić information content (AvgIpc) is 2.97. The monoisotopic (exact) mass is 246 g/mol. The van der Waals surface area contributed by atoms with E-state index in [1.807, 2.05) is 0 Å². The molecule has 4 nitrogen and oxygen atoms in total. The number of aryl methyl sites for hydroxylation is 1. The largest absolute Gasteiger partial charge is 0.411 e. The number of halogens is 3. The molecular weight excluding hydrogens is 233 g/mol. The van der Waals surface area contributed by atoms with Crippen LogP contribution in [0.2, 0.25) is 0 Å². The van der Waals surface area contributed by atoms with Gasteiger partial charge in [0.15, 0.2) is 0 Å². The third-order valence-corrected chi connectivity index (χ3v) is 2.74. The minimum atomic E-state index is -4.24. The summed E-state index contributed by atoms with van der Waals surface area (Å²) in [5.41, 5.74) is -1.18. The van der Waals surface area contributed by atoms with Crippen molar-refractivity contribution in [2.24, 2.45) is 0 Å². The van der Waals surface area contributed by atoms with Crippen LogP contribution in [-0.4, -0.2) is 28.7 Å². The second-order valence-corrected chi connectivity index (χ2v) is 4.17. The van der Waals surface area contributed by atoms with Crippen LogP contribution in [0.1, 0.15) is 18.5 Å². The number of hydrogen-bond acceptors (Lipinski definition) is 4. The van der Waals surface area contributed by atoms with Crippen LogP contribution in [-0.2, 0) is 0 Å². The van der Waals surface area contributed by atoms with E-state index >= 15 is 0 Å². The molecule has 0 radical (unpaired) electrons. The maximum atomic E-state index is 12.7. The summed E-state index contributed by atoms with van der Waals surface area (Å²) in [5, 5.41) is 5.18. The van der Waals surface area contributed by atoms with Crippen molar-refractivity contribution in [1.82, 2.24) is 9.97 Å². The van der Waals surface area contributed by atoms with Crippen LogP contribution in [0.5, 0.6) is 0 Å². The van der Waals surface area contributed by atoms with Gasteiger partial charge in [-0.2, -0.15) is 18.2 Å². The Morgan fingerprint density at radius 1 is 1.29 bits per heavy atom. The molecule has 1 aliphatic rings. The van der Waals surface area contributed by atoms with Crippen LogP contribution in [0.3, 0.4) is 0 Å². The van der Waals surface area contributed by atoms with Crippen molar-refractivity contribution < 1.29 is 13.2 Å². The molecule has 1 heterocycles. The molecule has 0 saturated heterocycles. The van der Waals surface area contributed by atoms with Gasteiger partial charge in [-0.3, -0.25) is 0 Å². The van der Waals surface area contributed by atoms with Crippen molar-refractivity contribution >= 4 is 11.8 Å². The number of nitrogens with zero attached hydrogens (tertiary/aromatic N) is 2. The fraction of sp³-hybridized carbons (Fsp3) is 0.600. The Bertz CT molecular complexity index is 426. The Hall–Kier alpha value is -1.53. The standard InChI is InChI=1S/C10H13F3N4/c1-6-5-7(16-8(14-2)15-6)17-9(3-4-9)10(11,12)13/h5H,3-4H2,1-2H3,(H2,14,15,16,17). The highest BCUT2D eigenvalue weighted by molar-refractivity contribution is 5.46. The summed E-state index contributed by atoms with van der Waals surface area (Å²) in [5.74, 6) is 0.516. The van der Waals surface area contributed by atoms with Crippen LogP contribution in [0.15, 0.2) is 6.07 Å². The quantitative estimate of drug-likeness (QED) is 0.859. The Morgan fingerprint density at radius 2 is 1.94 bits per heavy atom. The lowest BCUT2D eigenvalue weighted by atomic mass is 10.2. The topological polar surface area (TPSA) is 49.8 Å². The lowest BCUT2D eigenvalue weighted by Gasteiger charge is -2.21. The fourth-order valence-electron chi connectivity index (χ4n) is 1.59. The molecule has 94 valence electrons. The molecule has 0 unspecified atom stereocenters. The van der Waals surface area contributed by atoms with E-state index < -0.39 is 11.7 Å². The first kappa shape index (κ1) is 11.9. The normalized spacial score (nSPS) is 17.7. The minimum Gasteiger partial charge on any atom is -0.357 e. The zero-order valence-electron chi connectivity index (χ0n) is 9.52.